The molecule has 1 amide bonds. The largest absolute Gasteiger partial charge is 0.507 e. The van der Waals surface area contributed by atoms with Crippen LogP contribution >= 0.6 is 0 Å². The lowest BCUT2D eigenvalue weighted by molar-refractivity contribution is -0.148. The van der Waals surface area contributed by atoms with E-state index in [1.165, 1.54) is 12.1 Å². The third-order valence-corrected chi connectivity index (χ3v) is 2.84. The number of carbonyl (C=O) groups is 1. The molecule has 0 heterocycles. The first-order valence-electron chi connectivity index (χ1n) is 6.32. The molecular formula is C13H18N2O7. The number of benzene rings is 1. The molecule has 22 heavy (non-hydrogen) atoms. The van der Waals surface area contributed by atoms with Crippen molar-refractivity contribution in [2.45, 2.75) is 24.4 Å². The fraction of sp³-hybridized carbons (Fsp3) is 0.385. The van der Waals surface area contributed by atoms with Crippen LogP contribution in [0, 0.1) is 0 Å². The minimum absolute atomic E-state index is 0.0671. The van der Waals surface area contributed by atoms with E-state index in [9.17, 15) is 25.2 Å². The van der Waals surface area contributed by atoms with Crippen molar-refractivity contribution < 1.29 is 35.4 Å². The predicted molar refractivity (Wildman–Crippen MR) is 75.0 cm³/mol. The first-order valence-corrected chi connectivity index (χ1v) is 6.32. The van der Waals surface area contributed by atoms with E-state index in [-0.39, 0.29) is 5.75 Å². The van der Waals surface area contributed by atoms with Gasteiger partial charge < -0.3 is 30.6 Å². The molecule has 1 rings (SSSR count). The van der Waals surface area contributed by atoms with Crippen LogP contribution in [0.25, 0.3) is 0 Å². The Labute approximate surface area is 125 Å². The van der Waals surface area contributed by atoms with E-state index in [0.29, 0.717) is 5.56 Å². The Bertz CT molecular complexity index is 523. The van der Waals surface area contributed by atoms with Gasteiger partial charge in [0.05, 0.1) is 12.8 Å². The fourth-order valence-corrected chi connectivity index (χ4v) is 1.51. The summed E-state index contributed by atoms with van der Waals surface area (Å²) in [6, 6.07) is 6.17. The molecule has 122 valence electrons. The summed E-state index contributed by atoms with van der Waals surface area (Å²) in [5.41, 5.74) is 2.22. The Hall–Kier alpha value is -2.04. The van der Waals surface area contributed by atoms with Crippen LogP contribution in [0.1, 0.15) is 5.56 Å². The maximum absolute atomic E-state index is 11.5. The van der Waals surface area contributed by atoms with Gasteiger partial charge in [-0.3, -0.25) is 4.79 Å². The minimum atomic E-state index is -2.07. The van der Waals surface area contributed by atoms with Crippen molar-refractivity contribution in [3.8, 4) is 5.75 Å². The SMILES string of the molecule is O=C(N/N=C\c1ccccc1O)[C@H](O)[C@H](O)[C@@H](O)[C@H](O)CO. The molecule has 9 heteroatoms. The van der Waals surface area contributed by atoms with Crippen molar-refractivity contribution in [3.05, 3.63) is 29.8 Å². The van der Waals surface area contributed by atoms with Gasteiger partial charge in [0.1, 0.15) is 24.1 Å². The number of hydrazone groups is 1. The summed E-state index contributed by atoms with van der Waals surface area (Å²) in [4.78, 5) is 11.5. The van der Waals surface area contributed by atoms with Crippen molar-refractivity contribution in [1.29, 1.82) is 0 Å². The zero-order valence-corrected chi connectivity index (χ0v) is 11.4. The van der Waals surface area contributed by atoms with Gasteiger partial charge in [-0.05, 0) is 12.1 Å². The third-order valence-electron chi connectivity index (χ3n) is 2.84. The summed E-state index contributed by atoms with van der Waals surface area (Å²) in [5, 5.41) is 59.1. The van der Waals surface area contributed by atoms with Crippen molar-refractivity contribution in [3.63, 3.8) is 0 Å². The number of aliphatic hydroxyl groups excluding tert-OH is 5. The van der Waals surface area contributed by atoms with Crippen LogP contribution in [0.4, 0.5) is 0 Å². The maximum atomic E-state index is 11.5. The molecule has 7 N–H and O–H groups in total. The number of hydrogen-bond donors (Lipinski definition) is 7. The number of nitrogens with zero attached hydrogens (tertiary/aromatic N) is 1. The molecular weight excluding hydrogens is 296 g/mol. The molecule has 0 saturated carbocycles. The lowest BCUT2D eigenvalue weighted by Crippen LogP contribution is -2.50. The molecule has 0 fully saturated rings. The van der Waals surface area contributed by atoms with Gasteiger partial charge in [0, 0.05) is 5.56 Å². The lowest BCUT2D eigenvalue weighted by Gasteiger charge is -2.24. The predicted octanol–water partition coefficient (Wildman–Crippen LogP) is -2.72. The molecule has 1 aromatic rings. The maximum Gasteiger partial charge on any atom is 0.271 e. The number of phenols is 1. The van der Waals surface area contributed by atoms with Crippen molar-refractivity contribution in [2.24, 2.45) is 5.10 Å². The highest BCUT2D eigenvalue weighted by molar-refractivity contribution is 5.86. The first kappa shape index (κ1) is 18.0. The van der Waals surface area contributed by atoms with Gasteiger partial charge in [0.2, 0.25) is 0 Å². The molecule has 0 aliphatic rings. The molecule has 0 aliphatic heterocycles. The molecule has 0 saturated heterocycles. The Kier molecular flexibility index (Phi) is 6.89. The molecule has 1 aromatic carbocycles. The lowest BCUT2D eigenvalue weighted by atomic mass is 10.0. The smallest absolute Gasteiger partial charge is 0.271 e. The standard InChI is InChI=1S/C13H18N2O7/c16-6-9(18)10(19)11(20)12(21)13(22)15-14-5-7-3-1-2-4-8(7)17/h1-5,9-12,16-21H,6H2,(H,15,22)/b14-5-/t9-,10+,11-,12-/m1/s1. The van der Waals surface area contributed by atoms with Crippen molar-refractivity contribution >= 4 is 12.1 Å². The van der Waals surface area contributed by atoms with Gasteiger partial charge in [0.15, 0.2) is 6.10 Å². The van der Waals surface area contributed by atoms with Crippen LogP contribution < -0.4 is 5.43 Å². The topological polar surface area (TPSA) is 163 Å². The number of para-hydroxylation sites is 1. The van der Waals surface area contributed by atoms with Crippen LogP contribution in [0.5, 0.6) is 5.75 Å². The van der Waals surface area contributed by atoms with E-state index >= 15 is 0 Å². The average Bonchev–Trinajstić information content (AvgIpc) is 2.53. The second-order valence-electron chi connectivity index (χ2n) is 4.47. The van der Waals surface area contributed by atoms with Crippen LogP contribution in [-0.2, 0) is 4.79 Å². The number of hydrogen-bond acceptors (Lipinski definition) is 8. The van der Waals surface area contributed by atoms with E-state index in [1.54, 1.807) is 12.1 Å². The monoisotopic (exact) mass is 314 g/mol. The molecule has 4 atom stereocenters. The number of nitrogens with one attached hydrogen (secondary N) is 1. The van der Waals surface area contributed by atoms with Gasteiger partial charge in [-0.2, -0.15) is 5.10 Å². The summed E-state index contributed by atoms with van der Waals surface area (Å²) < 4.78 is 0. The molecule has 9 nitrogen and oxygen atoms in total. The van der Waals surface area contributed by atoms with Gasteiger partial charge in [0.25, 0.3) is 5.91 Å². The van der Waals surface area contributed by atoms with Gasteiger partial charge >= 0.3 is 0 Å². The van der Waals surface area contributed by atoms with Crippen LogP contribution in [0.2, 0.25) is 0 Å². The zero-order chi connectivity index (χ0) is 16.7. The van der Waals surface area contributed by atoms with E-state index < -0.39 is 36.9 Å². The van der Waals surface area contributed by atoms with E-state index in [4.69, 9.17) is 10.2 Å². The highest BCUT2D eigenvalue weighted by atomic mass is 16.4. The number of rotatable bonds is 7. The highest BCUT2D eigenvalue weighted by Crippen LogP contribution is 2.12. The molecule has 0 aromatic heterocycles. The van der Waals surface area contributed by atoms with Gasteiger partial charge in [-0.15, -0.1) is 0 Å². The summed E-state index contributed by atoms with van der Waals surface area (Å²) >= 11 is 0. The number of aliphatic hydroxyl groups is 5. The average molecular weight is 314 g/mol. The third kappa shape index (κ3) is 4.76. The van der Waals surface area contributed by atoms with Crippen LogP contribution in [0.15, 0.2) is 29.4 Å². The van der Waals surface area contributed by atoms with Gasteiger partial charge in [-0.25, -0.2) is 5.43 Å². The zero-order valence-electron chi connectivity index (χ0n) is 11.4. The normalized spacial score (nSPS) is 17.0. The van der Waals surface area contributed by atoms with Gasteiger partial charge in [-0.1, -0.05) is 12.1 Å². The summed E-state index contributed by atoms with van der Waals surface area (Å²) in [6.45, 7) is -0.849. The Balaban J connectivity index is 2.59. The second-order valence-corrected chi connectivity index (χ2v) is 4.47. The fourth-order valence-electron chi connectivity index (χ4n) is 1.51. The van der Waals surface area contributed by atoms with E-state index in [1.807, 2.05) is 5.43 Å². The van der Waals surface area contributed by atoms with Crippen molar-refractivity contribution in [2.75, 3.05) is 6.61 Å². The number of aromatic hydroxyl groups is 1. The highest BCUT2D eigenvalue weighted by Gasteiger charge is 2.34. The molecule has 0 spiro atoms. The molecule has 0 radical (unpaired) electrons. The molecule has 0 aliphatic carbocycles. The summed E-state index contributed by atoms with van der Waals surface area (Å²) in [6.07, 6.45) is -6.58. The minimum Gasteiger partial charge on any atom is -0.507 e. The van der Waals surface area contributed by atoms with Crippen LogP contribution in [-0.4, -0.2) is 73.8 Å². The Morgan fingerprint density at radius 2 is 1.82 bits per heavy atom. The Morgan fingerprint density at radius 1 is 1.18 bits per heavy atom. The van der Waals surface area contributed by atoms with E-state index in [0.717, 1.165) is 6.21 Å². The quantitative estimate of drug-likeness (QED) is 0.212. The van der Waals surface area contributed by atoms with Crippen LogP contribution in [0.3, 0.4) is 0 Å². The van der Waals surface area contributed by atoms with Crippen molar-refractivity contribution in [1.82, 2.24) is 5.43 Å². The number of carbonyl (C=O) groups excluding carboxylic acids is 1. The number of amides is 1. The Morgan fingerprint density at radius 3 is 2.41 bits per heavy atom. The second kappa shape index (κ2) is 8.41. The first-order chi connectivity index (χ1) is 10.4. The number of phenolic OH excluding ortho intramolecular Hbond substituents is 1. The molecule has 0 unspecified atom stereocenters. The summed E-state index contributed by atoms with van der Waals surface area (Å²) in [7, 11) is 0. The summed E-state index contributed by atoms with van der Waals surface area (Å²) in [5.74, 6) is -1.20. The molecule has 0 bridgehead atoms. The van der Waals surface area contributed by atoms with E-state index in [2.05, 4.69) is 5.10 Å².